The van der Waals surface area contributed by atoms with Gasteiger partial charge in [-0.25, -0.2) is 15.0 Å². The highest BCUT2D eigenvalue weighted by atomic mass is 16.5. The van der Waals surface area contributed by atoms with E-state index < -0.39 is 65.2 Å². The highest BCUT2D eigenvalue weighted by molar-refractivity contribution is 5.96. The fraction of sp³-hybridized carbons (Fsp3) is 0.519. The average Bonchev–Trinajstić information content (AvgIpc) is 3.89. The van der Waals surface area contributed by atoms with Crippen LogP contribution in [0.1, 0.15) is 70.6 Å². The van der Waals surface area contributed by atoms with Gasteiger partial charge in [-0.15, -0.1) is 0 Å². The summed E-state index contributed by atoms with van der Waals surface area (Å²) in [7, 11) is 4.49. The Labute approximate surface area is 408 Å². The SMILES string of the molecule is CCn1c(-c2cnccc2COC)c2c3cc(ccc31)-c1cc(O)cc(c1)C[C@H](NC(=O)C(C(C)C)N(C)C(=O)[C@H]1CCN(C(=O)N3C[C@H]3C(=O)OC)C1)C(=O)N1CCC[C@H](N1)C(=O)OCC(C)(C)C2. The Morgan fingerprint density at radius 3 is 2.54 bits per heavy atom. The number of methoxy groups -OCH3 is 2. The van der Waals surface area contributed by atoms with Crippen LogP contribution in [0, 0.1) is 17.3 Å². The molecule has 6 heterocycles. The maximum Gasteiger partial charge on any atom is 0.330 e. The number of amides is 5. The molecule has 70 heavy (non-hydrogen) atoms. The standard InChI is InChI=1S/C52H66N8O10/c1-9-58-42-13-12-32-23-37(42)38(45(58)39-25-53-16-14-34(39)28-68-7)24-52(4,5)29-70-49(65)40-11-10-17-60(55-40)48(64)41(21-31-19-35(32)22-36(61)20-31)54-46(62)44(30(2)3)56(6)47(63)33-15-18-57(26-33)51(67)59-27-43(59)50(66)69-8/h12-14,16,19-20,22-23,25,30,33,40-41,43-44,55,61H,9-11,15,17-18,21,24,26-29H2,1-8H3,(H,54,62)/t33-,40-,41-,43-,44?,59?/m0/s1. The number of benzene rings is 2. The highest BCUT2D eigenvalue weighted by Crippen LogP contribution is 2.41. The molecule has 2 aromatic heterocycles. The van der Waals surface area contributed by atoms with Crippen molar-refractivity contribution in [3.8, 4) is 28.1 Å². The zero-order chi connectivity index (χ0) is 50.2. The first kappa shape index (κ1) is 49.9. The lowest BCUT2D eigenvalue weighted by atomic mass is 9.84. The van der Waals surface area contributed by atoms with Gasteiger partial charge in [0, 0.05) is 81.0 Å². The number of carbonyl (C=O) groups excluding carboxylic acids is 6. The summed E-state index contributed by atoms with van der Waals surface area (Å²) in [5.74, 6) is -3.38. The maximum atomic E-state index is 14.8. The molecule has 6 bridgehead atoms. The fourth-order valence-corrected chi connectivity index (χ4v) is 10.5. The number of rotatable bonds is 10. The molecular weight excluding hydrogens is 897 g/mol. The second-order valence-corrected chi connectivity index (χ2v) is 20.2. The predicted octanol–water partition coefficient (Wildman–Crippen LogP) is 4.67. The van der Waals surface area contributed by atoms with E-state index in [4.69, 9.17) is 14.2 Å². The number of hydrogen-bond acceptors (Lipinski definition) is 12. The van der Waals surface area contributed by atoms with Crippen LogP contribution < -0.4 is 10.7 Å². The van der Waals surface area contributed by atoms with E-state index in [1.807, 2.05) is 38.2 Å². The lowest BCUT2D eigenvalue weighted by Gasteiger charge is -2.37. The Bertz CT molecular complexity index is 2680. The number of carbonyl (C=O) groups is 6. The van der Waals surface area contributed by atoms with E-state index in [1.165, 1.54) is 21.9 Å². The zero-order valence-corrected chi connectivity index (χ0v) is 41.5. The number of likely N-dealkylation sites (tertiary alicyclic amines) is 1. The van der Waals surface area contributed by atoms with Crippen molar-refractivity contribution in [3.05, 3.63) is 71.5 Å². The van der Waals surface area contributed by atoms with Crippen LogP contribution in [-0.2, 0) is 64.2 Å². The number of fused-ring (bicyclic) bond motifs is 6. The predicted molar refractivity (Wildman–Crippen MR) is 260 cm³/mol. The number of nitrogens with zero attached hydrogens (tertiary/aromatic N) is 6. The van der Waals surface area contributed by atoms with Gasteiger partial charge < -0.3 is 43.9 Å². The van der Waals surface area contributed by atoms with Gasteiger partial charge in [-0.2, -0.15) is 0 Å². The van der Waals surface area contributed by atoms with Crippen molar-refractivity contribution >= 4 is 46.6 Å². The maximum absolute atomic E-state index is 14.8. The summed E-state index contributed by atoms with van der Waals surface area (Å²) in [4.78, 5) is 91.5. The van der Waals surface area contributed by atoms with E-state index in [-0.39, 0.29) is 50.3 Å². The number of ether oxygens (including phenoxy) is 3. The van der Waals surface area contributed by atoms with E-state index in [2.05, 4.69) is 53.2 Å². The number of aromatic nitrogens is 2. The molecule has 3 saturated heterocycles. The number of likely N-dealkylation sites (N-methyl/N-ethyl adjacent to an activating group) is 1. The van der Waals surface area contributed by atoms with Crippen molar-refractivity contribution in [3.63, 3.8) is 0 Å². The van der Waals surface area contributed by atoms with Crippen LogP contribution in [0.4, 0.5) is 4.79 Å². The molecule has 0 radical (unpaired) electrons. The fourth-order valence-electron chi connectivity index (χ4n) is 10.5. The van der Waals surface area contributed by atoms with Gasteiger partial charge in [0.1, 0.15) is 29.9 Å². The number of hydrazine groups is 1. The molecule has 5 atom stereocenters. The van der Waals surface area contributed by atoms with Crippen molar-refractivity contribution < 1.29 is 48.1 Å². The molecule has 2 aromatic carbocycles. The molecule has 0 spiro atoms. The summed E-state index contributed by atoms with van der Waals surface area (Å²) in [6.45, 7) is 11.9. The van der Waals surface area contributed by atoms with Crippen molar-refractivity contribution in [2.75, 3.05) is 54.1 Å². The Kier molecular flexibility index (Phi) is 14.6. The van der Waals surface area contributed by atoms with Crippen molar-refractivity contribution in [1.29, 1.82) is 0 Å². The number of pyridine rings is 1. The second kappa shape index (κ2) is 20.4. The summed E-state index contributed by atoms with van der Waals surface area (Å²) in [5.41, 5.74) is 9.61. The Hall–Kier alpha value is -6.53. The first-order valence-corrected chi connectivity index (χ1v) is 24.3. The lowest BCUT2D eigenvalue weighted by molar-refractivity contribution is -0.155. The normalized spacial score (nSPS) is 21.8. The molecule has 4 aliphatic heterocycles. The van der Waals surface area contributed by atoms with Gasteiger partial charge >= 0.3 is 18.0 Å². The lowest BCUT2D eigenvalue weighted by Crippen LogP contribution is -2.62. The molecule has 0 aliphatic carbocycles. The molecule has 374 valence electrons. The van der Waals surface area contributed by atoms with Crippen LogP contribution in [0.2, 0.25) is 0 Å². The molecule has 4 aliphatic rings. The second-order valence-electron chi connectivity index (χ2n) is 20.2. The van der Waals surface area contributed by atoms with E-state index in [9.17, 15) is 33.9 Å². The molecule has 18 nitrogen and oxygen atoms in total. The molecule has 1 unspecified atom stereocenters. The van der Waals surface area contributed by atoms with Crippen LogP contribution in [0.15, 0.2) is 54.9 Å². The quantitative estimate of drug-likeness (QED) is 0.147. The van der Waals surface area contributed by atoms with E-state index >= 15 is 0 Å². The Balaban J connectivity index is 1.13. The minimum Gasteiger partial charge on any atom is -0.508 e. The monoisotopic (exact) mass is 962 g/mol. The first-order valence-electron chi connectivity index (χ1n) is 24.3. The number of hydrogen-bond donors (Lipinski definition) is 3. The third-order valence-corrected chi connectivity index (χ3v) is 14.1. The van der Waals surface area contributed by atoms with Crippen molar-refractivity contribution in [1.82, 2.24) is 40.0 Å². The molecule has 4 aromatic rings. The van der Waals surface area contributed by atoms with E-state index in [0.29, 0.717) is 56.5 Å². The van der Waals surface area contributed by atoms with E-state index in [1.54, 1.807) is 37.4 Å². The molecule has 8 rings (SSSR count). The number of esters is 2. The van der Waals surface area contributed by atoms with Crippen LogP contribution >= 0.6 is 0 Å². The molecule has 3 fully saturated rings. The molecular formula is C52H66N8O10. The minimum absolute atomic E-state index is 0.0278. The summed E-state index contributed by atoms with van der Waals surface area (Å²) in [6, 6.07) is 9.31. The van der Waals surface area contributed by atoms with Gasteiger partial charge in [0.15, 0.2) is 0 Å². The third kappa shape index (κ3) is 10.2. The van der Waals surface area contributed by atoms with Gasteiger partial charge in [-0.05, 0) is 96.7 Å². The summed E-state index contributed by atoms with van der Waals surface area (Å²) in [5, 5.41) is 16.7. The molecule has 5 amide bonds. The van der Waals surface area contributed by atoms with Gasteiger partial charge in [0.2, 0.25) is 11.8 Å². The van der Waals surface area contributed by atoms with Gasteiger partial charge in [0.25, 0.3) is 5.91 Å². The Morgan fingerprint density at radius 1 is 1.03 bits per heavy atom. The number of phenols is 1. The largest absolute Gasteiger partial charge is 0.508 e. The minimum atomic E-state index is -1.20. The topological polar surface area (TPSA) is 205 Å². The summed E-state index contributed by atoms with van der Waals surface area (Å²) < 4.78 is 18.8. The van der Waals surface area contributed by atoms with Gasteiger partial charge in [-0.1, -0.05) is 39.8 Å². The number of urea groups is 1. The third-order valence-electron chi connectivity index (χ3n) is 14.1. The van der Waals surface area contributed by atoms with Crippen LogP contribution in [0.3, 0.4) is 0 Å². The molecule has 3 N–H and O–H groups in total. The number of cyclic esters (lactones) is 1. The highest BCUT2D eigenvalue weighted by Gasteiger charge is 2.49. The molecule has 0 saturated carbocycles. The molecule has 18 heteroatoms. The van der Waals surface area contributed by atoms with Gasteiger partial charge in [-0.3, -0.25) is 29.2 Å². The van der Waals surface area contributed by atoms with Gasteiger partial charge in [0.05, 0.1) is 38.5 Å². The average molecular weight is 963 g/mol. The number of nitrogens with one attached hydrogen (secondary N) is 2. The summed E-state index contributed by atoms with van der Waals surface area (Å²) >= 11 is 0. The van der Waals surface area contributed by atoms with Crippen LogP contribution in [0.25, 0.3) is 33.3 Å². The first-order chi connectivity index (χ1) is 33.4. The number of aryl methyl sites for hydroxylation is 1. The number of aromatic hydroxyl groups is 1. The van der Waals surface area contributed by atoms with Crippen LogP contribution in [-0.4, -0.2) is 148 Å². The summed E-state index contributed by atoms with van der Waals surface area (Å²) in [6.07, 6.45) is 5.41. The Morgan fingerprint density at radius 2 is 1.81 bits per heavy atom. The van der Waals surface area contributed by atoms with Crippen molar-refractivity contribution in [2.45, 2.75) is 104 Å². The smallest absolute Gasteiger partial charge is 0.330 e. The van der Waals surface area contributed by atoms with Crippen molar-refractivity contribution in [2.24, 2.45) is 17.3 Å². The van der Waals surface area contributed by atoms with Crippen LogP contribution in [0.5, 0.6) is 5.75 Å². The van der Waals surface area contributed by atoms with E-state index in [0.717, 1.165) is 38.9 Å². The zero-order valence-electron chi connectivity index (χ0n) is 41.5. The number of phenolic OH excluding ortho intramolecular Hbond substituents is 1.